The van der Waals surface area contributed by atoms with Gasteiger partial charge >= 0.3 is 5.97 Å². The Morgan fingerprint density at radius 3 is 3.06 bits per heavy atom. The van der Waals surface area contributed by atoms with Crippen molar-refractivity contribution < 1.29 is 9.90 Å². The van der Waals surface area contributed by atoms with Crippen LogP contribution in [0.3, 0.4) is 0 Å². The maximum Gasteiger partial charge on any atom is 0.355 e. The Labute approximate surface area is 95.3 Å². The van der Waals surface area contributed by atoms with Gasteiger partial charge in [0.15, 0.2) is 10.8 Å². The normalized spacial score (nSPS) is 12.3. The first kappa shape index (κ1) is 10.6. The smallest absolute Gasteiger partial charge is 0.355 e. The molecule has 0 aliphatic rings. The molecule has 1 atom stereocenters. The quantitative estimate of drug-likeness (QED) is 0.754. The fraction of sp³-hybridized carbons (Fsp3) is 0.222. The standard InChI is InChI=1S/C9H10N4O2S/c1-5(6-2-10-11-3-6)12-9-13-7(4-16-9)8(14)15/h2-5H,1H3,(H,10,11)(H,12,13)(H,14,15). The van der Waals surface area contributed by atoms with Gasteiger partial charge in [0, 0.05) is 17.1 Å². The number of H-pyrrole nitrogens is 1. The average molecular weight is 238 g/mol. The molecular weight excluding hydrogens is 228 g/mol. The molecule has 7 heteroatoms. The lowest BCUT2D eigenvalue weighted by Crippen LogP contribution is -2.06. The summed E-state index contributed by atoms with van der Waals surface area (Å²) >= 11 is 1.27. The van der Waals surface area contributed by atoms with E-state index in [9.17, 15) is 4.79 Å². The number of rotatable bonds is 4. The first-order valence-electron chi connectivity index (χ1n) is 4.61. The van der Waals surface area contributed by atoms with Gasteiger partial charge in [-0.3, -0.25) is 5.10 Å². The Kier molecular flexibility index (Phi) is 2.86. The van der Waals surface area contributed by atoms with Crippen molar-refractivity contribution in [3.8, 4) is 0 Å². The van der Waals surface area contributed by atoms with E-state index in [2.05, 4.69) is 20.5 Å². The highest BCUT2D eigenvalue weighted by Gasteiger charge is 2.11. The molecule has 2 rings (SSSR count). The van der Waals surface area contributed by atoms with Gasteiger partial charge in [-0.15, -0.1) is 11.3 Å². The summed E-state index contributed by atoms with van der Waals surface area (Å²) in [5.41, 5.74) is 1.05. The van der Waals surface area contributed by atoms with Crippen molar-refractivity contribution in [2.24, 2.45) is 0 Å². The van der Waals surface area contributed by atoms with Gasteiger partial charge in [-0.25, -0.2) is 9.78 Å². The summed E-state index contributed by atoms with van der Waals surface area (Å²) < 4.78 is 0. The molecule has 3 N–H and O–H groups in total. The lowest BCUT2D eigenvalue weighted by Gasteiger charge is -2.09. The third-order valence-electron chi connectivity index (χ3n) is 2.08. The number of carboxylic acid groups (broad SMARTS) is 1. The van der Waals surface area contributed by atoms with E-state index < -0.39 is 5.97 Å². The molecule has 0 bridgehead atoms. The highest BCUT2D eigenvalue weighted by Crippen LogP contribution is 2.21. The van der Waals surface area contributed by atoms with Gasteiger partial charge in [0.1, 0.15) is 0 Å². The van der Waals surface area contributed by atoms with Gasteiger partial charge in [0.2, 0.25) is 0 Å². The van der Waals surface area contributed by atoms with E-state index in [-0.39, 0.29) is 11.7 Å². The molecular formula is C9H10N4O2S. The van der Waals surface area contributed by atoms with Crippen molar-refractivity contribution in [1.29, 1.82) is 0 Å². The van der Waals surface area contributed by atoms with Crippen molar-refractivity contribution in [3.05, 3.63) is 29.0 Å². The van der Waals surface area contributed by atoms with Crippen LogP contribution in [0, 0.1) is 0 Å². The summed E-state index contributed by atoms with van der Waals surface area (Å²) in [5, 5.41) is 20.5. The van der Waals surface area contributed by atoms with Gasteiger partial charge in [0.05, 0.1) is 12.2 Å². The van der Waals surface area contributed by atoms with Crippen LogP contribution in [0.1, 0.15) is 29.0 Å². The molecule has 0 radical (unpaired) electrons. The van der Waals surface area contributed by atoms with E-state index in [1.54, 1.807) is 12.4 Å². The fourth-order valence-electron chi connectivity index (χ4n) is 1.20. The molecule has 2 aromatic heterocycles. The van der Waals surface area contributed by atoms with Crippen LogP contribution < -0.4 is 5.32 Å². The predicted octanol–water partition coefficient (Wildman–Crippen LogP) is 1.74. The van der Waals surface area contributed by atoms with Crippen molar-refractivity contribution in [2.75, 3.05) is 5.32 Å². The fourth-order valence-corrected chi connectivity index (χ4v) is 1.98. The van der Waals surface area contributed by atoms with E-state index in [1.807, 2.05) is 6.92 Å². The van der Waals surface area contributed by atoms with Crippen molar-refractivity contribution in [2.45, 2.75) is 13.0 Å². The van der Waals surface area contributed by atoms with Gasteiger partial charge in [0.25, 0.3) is 0 Å². The predicted molar refractivity (Wildman–Crippen MR) is 59.7 cm³/mol. The largest absolute Gasteiger partial charge is 0.476 e. The second-order valence-corrected chi connectivity index (χ2v) is 4.10. The first-order chi connectivity index (χ1) is 7.66. The molecule has 6 nitrogen and oxygen atoms in total. The Balaban J connectivity index is 2.06. The van der Waals surface area contributed by atoms with Gasteiger partial charge in [-0.05, 0) is 6.92 Å². The minimum absolute atomic E-state index is 0.0338. The van der Waals surface area contributed by atoms with Crippen LogP contribution in [0.25, 0.3) is 0 Å². The van der Waals surface area contributed by atoms with E-state index in [0.29, 0.717) is 5.13 Å². The van der Waals surface area contributed by atoms with Crippen LogP contribution >= 0.6 is 11.3 Å². The summed E-state index contributed by atoms with van der Waals surface area (Å²) in [7, 11) is 0. The van der Waals surface area contributed by atoms with Gasteiger partial charge in [-0.1, -0.05) is 0 Å². The van der Waals surface area contributed by atoms with E-state index in [4.69, 9.17) is 5.11 Å². The number of hydrogen-bond donors (Lipinski definition) is 3. The molecule has 0 saturated carbocycles. The second kappa shape index (κ2) is 4.31. The highest BCUT2D eigenvalue weighted by molar-refractivity contribution is 7.13. The minimum Gasteiger partial charge on any atom is -0.476 e. The number of carboxylic acids is 1. The number of thiazole rings is 1. The SMILES string of the molecule is CC(Nc1nc(C(=O)O)cs1)c1cn[nH]c1. The number of aromatic carboxylic acids is 1. The molecule has 0 fully saturated rings. The number of carbonyl (C=O) groups is 1. The molecule has 2 aromatic rings. The molecule has 0 aromatic carbocycles. The molecule has 0 aliphatic heterocycles. The molecule has 0 saturated heterocycles. The number of aromatic amines is 1. The maximum atomic E-state index is 10.6. The molecule has 1 unspecified atom stereocenters. The Morgan fingerprint density at radius 1 is 1.69 bits per heavy atom. The number of nitrogens with zero attached hydrogens (tertiary/aromatic N) is 2. The average Bonchev–Trinajstić information content (AvgIpc) is 2.87. The lowest BCUT2D eigenvalue weighted by atomic mass is 10.2. The van der Waals surface area contributed by atoms with Crippen LogP contribution in [-0.4, -0.2) is 26.3 Å². The molecule has 2 heterocycles. The van der Waals surface area contributed by atoms with E-state index in [1.165, 1.54) is 16.7 Å². The molecule has 16 heavy (non-hydrogen) atoms. The third-order valence-corrected chi connectivity index (χ3v) is 2.86. The molecule has 0 amide bonds. The van der Waals surface area contributed by atoms with E-state index >= 15 is 0 Å². The highest BCUT2D eigenvalue weighted by atomic mass is 32.1. The van der Waals surface area contributed by atoms with Crippen LogP contribution in [0.4, 0.5) is 5.13 Å². The zero-order valence-electron chi connectivity index (χ0n) is 8.47. The number of hydrogen-bond acceptors (Lipinski definition) is 5. The number of aromatic nitrogens is 3. The van der Waals surface area contributed by atoms with Crippen LogP contribution in [0.15, 0.2) is 17.8 Å². The van der Waals surface area contributed by atoms with Gasteiger partial charge in [-0.2, -0.15) is 5.10 Å². The summed E-state index contributed by atoms with van der Waals surface area (Å²) in [6.07, 6.45) is 3.49. The molecule has 0 spiro atoms. The zero-order valence-corrected chi connectivity index (χ0v) is 9.28. The maximum absolute atomic E-state index is 10.6. The Hall–Kier alpha value is -1.89. The second-order valence-electron chi connectivity index (χ2n) is 3.24. The third kappa shape index (κ3) is 2.19. The molecule has 0 aliphatic carbocycles. The minimum atomic E-state index is -1.01. The van der Waals surface area contributed by atoms with E-state index in [0.717, 1.165) is 5.56 Å². The lowest BCUT2D eigenvalue weighted by molar-refractivity contribution is 0.0691. The summed E-state index contributed by atoms with van der Waals surface area (Å²) in [4.78, 5) is 14.6. The van der Waals surface area contributed by atoms with Crippen LogP contribution in [0.2, 0.25) is 0 Å². The Morgan fingerprint density at radius 2 is 2.50 bits per heavy atom. The first-order valence-corrected chi connectivity index (χ1v) is 5.49. The summed E-state index contributed by atoms with van der Waals surface area (Å²) in [5.74, 6) is -1.01. The van der Waals surface area contributed by atoms with Crippen molar-refractivity contribution in [1.82, 2.24) is 15.2 Å². The van der Waals surface area contributed by atoms with Gasteiger partial charge < -0.3 is 10.4 Å². The van der Waals surface area contributed by atoms with Crippen molar-refractivity contribution in [3.63, 3.8) is 0 Å². The van der Waals surface area contributed by atoms with Crippen LogP contribution in [0.5, 0.6) is 0 Å². The topological polar surface area (TPSA) is 90.9 Å². The number of anilines is 1. The molecule has 84 valence electrons. The zero-order chi connectivity index (χ0) is 11.5. The monoisotopic (exact) mass is 238 g/mol. The van der Waals surface area contributed by atoms with Crippen LogP contribution in [-0.2, 0) is 0 Å². The number of nitrogens with one attached hydrogen (secondary N) is 2. The summed E-state index contributed by atoms with van der Waals surface area (Å²) in [6, 6.07) is 0.0338. The summed E-state index contributed by atoms with van der Waals surface area (Å²) in [6.45, 7) is 1.95. The van der Waals surface area contributed by atoms with Crippen molar-refractivity contribution >= 4 is 22.4 Å². The Bertz CT molecular complexity index is 479.